The van der Waals surface area contributed by atoms with Crippen LogP contribution in [0.4, 0.5) is 0 Å². The van der Waals surface area contributed by atoms with Gasteiger partial charge in [-0.05, 0) is 5.92 Å². The average molecular weight is 368 g/mol. The topological polar surface area (TPSA) is 18.5 Å². The molecule has 1 aliphatic rings. The Labute approximate surface area is 138 Å². The van der Waals surface area contributed by atoms with Gasteiger partial charge in [0.2, 0.25) is 0 Å². The van der Waals surface area contributed by atoms with Crippen molar-refractivity contribution in [2.24, 2.45) is 5.92 Å². The summed E-state index contributed by atoms with van der Waals surface area (Å²) in [6, 6.07) is 0. The summed E-state index contributed by atoms with van der Waals surface area (Å²) in [5.41, 5.74) is 0. The molecule has 0 aliphatic carbocycles. The molecule has 2 nitrogen and oxygen atoms in total. The van der Waals surface area contributed by atoms with Crippen LogP contribution < -0.4 is 0 Å². The minimum Gasteiger partial charge on any atom is -0.525 e. The van der Waals surface area contributed by atoms with E-state index in [-0.39, 0.29) is 98.1 Å². The first kappa shape index (κ1) is 18.9. The van der Waals surface area contributed by atoms with Gasteiger partial charge in [-0.25, -0.2) is 0 Å². The van der Waals surface area contributed by atoms with Crippen LogP contribution in [0.2, 0.25) is 0 Å². The molecule has 1 heterocycles. The van der Waals surface area contributed by atoms with E-state index in [0.717, 1.165) is 13.2 Å². The van der Waals surface area contributed by atoms with Gasteiger partial charge in [0, 0.05) is 111 Å². The van der Waals surface area contributed by atoms with Crippen molar-refractivity contribution >= 4 is 0 Å². The summed E-state index contributed by atoms with van der Waals surface area (Å²) in [5.74, 6) is 0.560. The Bertz CT molecular complexity index is 56.9. The molecule has 0 saturated carbocycles. The van der Waals surface area contributed by atoms with Crippen molar-refractivity contribution in [2.75, 3.05) is 13.2 Å². The molecule has 1 saturated heterocycles. The molecule has 0 aromatic carbocycles. The van der Waals surface area contributed by atoms with Crippen LogP contribution in [-0.4, -0.2) is 13.2 Å². The predicted molar refractivity (Wildman–Crippen MR) is 25.4 cm³/mol. The van der Waals surface area contributed by atoms with Gasteiger partial charge in [-0.3, -0.25) is 0 Å². The summed E-state index contributed by atoms with van der Waals surface area (Å²) in [4.78, 5) is 0. The molecule has 0 N–H and O–H groups in total. The van der Waals surface area contributed by atoms with E-state index in [9.17, 15) is 0 Å². The maximum atomic E-state index is 4.83. The average Bonchev–Trinajstić information content (AvgIpc) is 1.69. The first-order chi connectivity index (χ1) is 3.39. The van der Waals surface area contributed by atoms with E-state index in [4.69, 9.17) is 9.47 Å². The van der Waals surface area contributed by atoms with Crippen molar-refractivity contribution in [2.45, 2.75) is 6.92 Å². The third-order valence-corrected chi connectivity index (χ3v) is 0.898. The molecule has 0 spiro atoms. The van der Waals surface area contributed by atoms with Crippen LogP contribution in [0.5, 0.6) is 0 Å². The zero-order chi connectivity index (χ0) is 5.11. The Morgan fingerprint density at radius 1 is 1.10 bits per heavy atom. The number of hydrogen-bond donors (Lipinski definition) is 0. The zero-order valence-corrected chi connectivity index (χ0v) is 14.6. The Balaban J connectivity index is -0.000000163. The molecule has 1 aliphatic heterocycles. The second-order valence-electron chi connectivity index (χ2n) is 1.87. The van der Waals surface area contributed by atoms with Gasteiger partial charge in [0.05, 0.1) is 0 Å². The maximum Gasteiger partial charge on any atom is 0.0178 e. The first-order valence-corrected chi connectivity index (χ1v) is 2.44. The summed E-state index contributed by atoms with van der Waals surface area (Å²) < 4.78 is 9.67. The van der Waals surface area contributed by atoms with Crippen molar-refractivity contribution < 1.29 is 108 Å². The normalized spacial score (nSPS) is 17.7. The number of rotatable bonds is 0. The van der Waals surface area contributed by atoms with Gasteiger partial charge in [0.1, 0.15) is 0 Å². The van der Waals surface area contributed by atoms with E-state index in [1.54, 1.807) is 0 Å². The van der Waals surface area contributed by atoms with Crippen molar-refractivity contribution in [3.63, 3.8) is 0 Å². The molecular formula is C5H9O2Y3-. The van der Waals surface area contributed by atoms with Crippen LogP contribution in [-0.2, 0) is 108 Å². The van der Waals surface area contributed by atoms with Crippen molar-refractivity contribution in [1.29, 1.82) is 0 Å². The Kier molecular flexibility index (Phi) is 23.1. The molecule has 0 amide bonds. The quantitative estimate of drug-likeness (QED) is 0.589. The summed E-state index contributed by atoms with van der Waals surface area (Å²) >= 11 is 0. The van der Waals surface area contributed by atoms with Crippen LogP contribution >= 0.6 is 0 Å². The van der Waals surface area contributed by atoms with Crippen molar-refractivity contribution in [3.05, 3.63) is 6.79 Å². The molecule has 10 heavy (non-hydrogen) atoms. The fourth-order valence-corrected chi connectivity index (χ4v) is 0.503. The standard InChI is InChI=1S/C5H9O2.3Y/c1-5-2-6-4-7-3-5;;;/h4-5H,2-3H2,1H3;;;/q-1;;;. The predicted octanol–water partition coefficient (Wildman–Crippen LogP) is 0.781. The van der Waals surface area contributed by atoms with E-state index in [1.165, 1.54) is 6.79 Å². The van der Waals surface area contributed by atoms with Gasteiger partial charge < -0.3 is 9.47 Å². The van der Waals surface area contributed by atoms with Gasteiger partial charge in [-0.1, -0.05) is 13.7 Å². The SMILES string of the molecule is CC1CO[CH-]OC1.[Y].[Y].[Y]. The van der Waals surface area contributed by atoms with E-state index >= 15 is 0 Å². The molecule has 0 aromatic rings. The zero-order valence-electron chi connectivity index (χ0n) is 6.12. The van der Waals surface area contributed by atoms with Crippen molar-refractivity contribution in [1.82, 2.24) is 0 Å². The molecule has 51 valence electrons. The molecular weight excluding hydrogens is 359 g/mol. The van der Waals surface area contributed by atoms with Gasteiger partial charge in [-0.15, -0.1) is 0 Å². The Morgan fingerprint density at radius 2 is 1.50 bits per heavy atom. The van der Waals surface area contributed by atoms with Crippen LogP contribution in [0.15, 0.2) is 0 Å². The monoisotopic (exact) mass is 368 g/mol. The van der Waals surface area contributed by atoms with Crippen LogP contribution in [0.3, 0.4) is 0 Å². The molecule has 0 bridgehead atoms. The molecule has 0 unspecified atom stereocenters. The van der Waals surface area contributed by atoms with E-state index in [2.05, 4.69) is 6.92 Å². The molecule has 0 atom stereocenters. The Hall–Kier alpha value is 3.23. The largest absolute Gasteiger partial charge is 0.525 e. The molecule has 0 aromatic heterocycles. The first-order valence-electron chi connectivity index (χ1n) is 2.44. The van der Waals surface area contributed by atoms with E-state index in [1.807, 2.05) is 0 Å². The number of ether oxygens (including phenoxy) is 2. The third kappa shape index (κ3) is 9.32. The van der Waals surface area contributed by atoms with Crippen LogP contribution in [0, 0.1) is 12.7 Å². The molecule has 3 radical (unpaired) electrons. The van der Waals surface area contributed by atoms with E-state index in [0.29, 0.717) is 5.92 Å². The minimum absolute atomic E-state index is 0. The van der Waals surface area contributed by atoms with Crippen molar-refractivity contribution in [3.8, 4) is 0 Å². The summed E-state index contributed by atoms with van der Waals surface area (Å²) in [7, 11) is 0. The summed E-state index contributed by atoms with van der Waals surface area (Å²) in [5, 5.41) is 0. The summed E-state index contributed by atoms with van der Waals surface area (Å²) in [6.45, 7) is 5.10. The third-order valence-electron chi connectivity index (χ3n) is 0.898. The van der Waals surface area contributed by atoms with Crippen LogP contribution in [0.1, 0.15) is 6.92 Å². The molecule has 1 rings (SSSR count). The van der Waals surface area contributed by atoms with Gasteiger partial charge in [-0.2, -0.15) is 0 Å². The maximum absolute atomic E-state index is 4.83. The molecule has 1 fully saturated rings. The second kappa shape index (κ2) is 12.2. The fourth-order valence-electron chi connectivity index (χ4n) is 0.503. The fraction of sp³-hybridized carbons (Fsp3) is 0.800. The Morgan fingerprint density at radius 3 is 1.70 bits per heavy atom. The van der Waals surface area contributed by atoms with Gasteiger partial charge >= 0.3 is 0 Å². The minimum atomic E-state index is 0. The van der Waals surface area contributed by atoms with Gasteiger partial charge in [0.25, 0.3) is 0 Å². The summed E-state index contributed by atoms with van der Waals surface area (Å²) in [6.07, 6.45) is 0. The number of hydrogen-bond acceptors (Lipinski definition) is 2. The second-order valence-corrected chi connectivity index (χ2v) is 1.87. The smallest absolute Gasteiger partial charge is 0.0178 e. The van der Waals surface area contributed by atoms with E-state index < -0.39 is 0 Å². The van der Waals surface area contributed by atoms with Gasteiger partial charge in [0.15, 0.2) is 0 Å². The molecule has 5 heteroatoms. The van der Waals surface area contributed by atoms with Crippen LogP contribution in [0.25, 0.3) is 0 Å².